The van der Waals surface area contributed by atoms with Crippen molar-refractivity contribution in [2.75, 3.05) is 18.9 Å². The average Bonchev–Trinajstić information content (AvgIpc) is 3.67. The molecule has 6 atom stereocenters. The summed E-state index contributed by atoms with van der Waals surface area (Å²) in [4.78, 5) is 43.6. The zero-order valence-electron chi connectivity index (χ0n) is 34.0. The highest BCUT2D eigenvalue weighted by atomic mass is 31.2. The van der Waals surface area contributed by atoms with Gasteiger partial charge in [0.25, 0.3) is 0 Å². The number of esters is 3. The Labute approximate surface area is 328 Å². The summed E-state index contributed by atoms with van der Waals surface area (Å²) in [5.74, 6) is -3.15. The van der Waals surface area contributed by atoms with E-state index in [-0.39, 0.29) is 34.7 Å². The van der Waals surface area contributed by atoms with Gasteiger partial charge in [-0.05, 0) is 54.0 Å². The number of anilines is 1. The van der Waals surface area contributed by atoms with Crippen LogP contribution in [0.15, 0.2) is 42.7 Å². The van der Waals surface area contributed by atoms with E-state index in [0.29, 0.717) is 11.9 Å². The maximum Gasteiger partial charge on any atom is 0.459 e. The molecule has 0 spiro atoms. The van der Waals surface area contributed by atoms with Crippen LogP contribution < -0.4 is 15.3 Å². The van der Waals surface area contributed by atoms with Gasteiger partial charge < -0.3 is 29.2 Å². The Hall–Kier alpha value is -4.55. The highest BCUT2D eigenvalue weighted by Gasteiger charge is 2.63. The molecule has 0 radical (unpaired) electrons. The number of nitrogens with zero attached hydrogens (tertiary/aromatic N) is 4. The van der Waals surface area contributed by atoms with E-state index < -0.39 is 74.1 Å². The molecule has 56 heavy (non-hydrogen) atoms. The lowest BCUT2D eigenvalue weighted by atomic mass is 9.87. The van der Waals surface area contributed by atoms with Gasteiger partial charge >= 0.3 is 25.7 Å². The maximum atomic E-state index is 14.7. The fourth-order valence-corrected chi connectivity index (χ4v) is 7.13. The second-order valence-corrected chi connectivity index (χ2v) is 18.4. The van der Waals surface area contributed by atoms with Crippen molar-refractivity contribution in [1.82, 2.24) is 19.7 Å². The molecule has 1 unspecified atom stereocenters. The summed E-state index contributed by atoms with van der Waals surface area (Å²) in [7, 11) is -4.53. The van der Waals surface area contributed by atoms with Gasteiger partial charge in [0.2, 0.25) is 5.60 Å². The van der Waals surface area contributed by atoms with Gasteiger partial charge in [0, 0.05) is 0 Å². The molecule has 0 amide bonds. The van der Waals surface area contributed by atoms with Crippen molar-refractivity contribution in [3.8, 4) is 11.8 Å². The second kappa shape index (κ2) is 17.3. The molecule has 1 aliphatic heterocycles. The van der Waals surface area contributed by atoms with Gasteiger partial charge in [0.1, 0.15) is 35.8 Å². The summed E-state index contributed by atoms with van der Waals surface area (Å²) in [6, 6.07) is 10.9. The largest absolute Gasteiger partial charge is 0.465 e. The third-order valence-corrected chi connectivity index (χ3v) is 10.7. The SMILES string of the molecule is CC(C)C(=O)O[C@H]1[C@@H](OC(=O)C(C)C)[C@](C#N)(c2ccc3c(N)ncnn23)O[C@@H]1COP(=O)(N[C@@H](C)C(=O)OCCC(C)(C)C)Oc1ccc(C(C)(C)C)cc1. The minimum Gasteiger partial charge on any atom is -0.465 e. The van der Waals surface area contributed by atoms with Crippen molar-refractivity contribution < 1.29 is 46.9 Å². The predicted molar refractivity (Wildman–Crippen MR) is 206 cm³/mol. The number of carbonyl (C=O) groups is 3. The van der Waals surface area contributed by atoms with Gasteiger partial charge in [-0.15, -0.1) is 0 Å². The molecule has 1 aromatic carbocycles. The fraction of sp³-hybridized carbons (Fsp3) is 0.590. The van der Waals surface area contributed by atoms with Crippen molar-refractivity contribution >= 4 is 37.0 Å². The number of fused-ring (bicyclic) bond motifs is 1. The minimum absolute atomic E-state index is 0.0851. The molecule has 17 heteroatoms. The molecule has 2 aromatic heterocycles. The zero-order valence-corrected chi connectivity index (χ0v) is 34.9. The normalized spacial score (nSPS) is 21.7. The summed E-state index contributed by atoms with van der Waals surface area (Å²) in [5.41, 5.74) is 5.05. The molecule has 1 saturated heterocycles. The first-order valence-corrected chi connectivity index (χ1v) is 20.1. The van der Waals surface area contributed by atoms with Gasteiger partial charge in [0.05, 0.1) is 30.7 Å². The fourth-order valence-electron chi connectivity index (χ4n) is 5.62. The summed E-state index contributed by atoms with van der Waals surface area (Å²) in [5, 5.41) is 17.9. The number of carbonyl (C=O) groups excluding carboxylic acids is 3. The number of nitriles is 1. The third kappa shape index (κ3) is 10.4. The number of aromatic nitrogens is 3. The van der Waals surface area contributed by atoms with Gasteiger partial charge in [-0.25, -0.2) is 14.1 Å². The quantitative estimate of drug-likeness (QED) is 0.102. The molecule has 4 rings (SSSR count). The molecule has 3 aromatic rings. The number of nitrogens with two attached hydrogens (primary N) is 1. The van der Waals surface area contributed by atoms with Gasteiger partial charge in [-0.1, -0.05) is 81.4 Å². The van der Waals surface area contributed by atoms with E-state index in [2.05, 4.69) is 21.2 Å². The van der Waals surface area contributed by atoms with Gasteiger partial charge in [0.15, 0.2) is 18.0 Å². The first-order chi connectivity index (χ1) is 26.0. The number of hydrogen-bond acceptors (Lipinski definition) is 14. The van der Waals surface area contributed by atoms with E-state index in [4.69, 9.17) is 33.7 Å². The molecule has 3 N–H and O–H groups in total. The van der Waals surface area contributed by atoms with Crippen LogP contribution in [-0.4, -0.2) is 70.1 Å². The van der Waals surface area contributed by atoms with Crippen LogP contribution in [0, 0.1) is 28.6 Å². The van der Waals surface area contributed by atoms with Crippen LogP contribution >= 0.6 is 7.75 Å². The number of benzene rings is 1. The molecule has 0 bridgehead atoms. The van der Waals surface area contributed by atoms with Crippen molar-refractivity contribution in [3.63, 3.8) is 0 Å². The van der Waals surface area contributed by atoms with Crippen molar-refractivity contribution in [2.24, 2.45) is 17.3 Å². The van der Waals surface area contributed by atoms with Crippen LogP contribution in [0.3, 0.4) is 0 Å². The van der Waals surface area contributed by atoms with E-state index in [9.17, 15) is 24.2 Å². The smallest absolute Gasteiger partial charge is 0.459 e. The number of nitrogen functional groups attached to an aromatic ring is 1. The Morgan fingerprint density at radius 1 is 0.982 bits per heavy atom. The molecular weight excluding hydrogens is 743 g/mol. The van der Waals surface area contributed by atoms with Crippen LogP contribution in [0.2, 0.25) is 0 Å². The number of hydrogen-bond donors (Lipinski definition) is 2. The van der Waals surface area contributed by atoms with Gasteiger partial charge in [-0.2, -0.15) is 15.4 Å². The number of ether oxygens (including phenoxy) is 4. The first kappa shape index (κ1) is 44.2. The summed E-state index contributed by atoms with van der Waals surface area (Å²) >= 11 is 0. The minimum atomic E-state index is -4.53. The Balaban J connectivity index is 1.76. The zero-order chi connectivity index (χ0) is 41.8. The lowest BCUT2D eigenvalue weighted by molar-refractivity contribution is -0.173. The highest BCUT2D eigenvalue weighted by molar-refractivity contribution is 7.52. The van der Waals surface area contributed by atoms with E-state index in [1.807, 2.05) is 53.7 Å². The molecule has 16 nitrogen and oxygen atoms in total. The molecule has 0 saturated carbocycles. The standard InChI is InChI=1S/C39H55N6O10P/c1-23(2)34(46)52-31-29(54-39(21-40,32(31)53-35(47)24(3)4)30-17-16-28-33(41)42-22-43-45(28)30)20-51-56(49,44-25(5)36(48)50-19-18-37(6,7)8)55-27-14-12-26(13-15-27)38(9,10)11/h12-17,22-25,29,31-32H,18-20H2,1-11H3,(H,44,49)(H2,41,42,43)/t25-,29+,31+,32+,39-,56?/m0/s1. The van der Waals surface area contributed by atoms with E-state index in [0.717, 1.165) is 5.56 Å². The Morgan fingerprint density at radius 2 is 1.61 bits per heavy atom. The summed E-state index contributed by atoms with van der Waals surface area (Å²) < 4.78 is 51.8. The molecular formula is C39H55N6O10P. The second-order valence-electron chi connectivity index (χ2n) is 16.7. The van der Waals surface area contributed by atoms with Crippen LogP contribution in [0.25, 0.3) is 5.52 Å². The lowest BCUT2D eigenvalue weighted by Gasteiger charge is -2.29. The lowest BCUT2D eigenvalue weighted by Crippen LogP contribution is -2.47. The van der Waals surface area contributed by atoms with Crippen LogP contribution in [-0.2, 0) is 53.4 Å². The molecule has 306 valence electrons. The highest BCUT2D eigenvalue weighted by Crippen LogP contribution is 2.49. The Kier molecular flexibility index (Phi) is 13.6. The van der Waals surface area contributed by atoms with Gasteiger partial charge in [-0.3, -0.25) is 18.9 Å². The maximum absolute atomic E-state index is 14.7. The molecule has 1 aliphatic rings. The van der Waals surface area contributed by atoms with E-state index in [1.165, 1.54) is 23.8 Å². The first-order valence-electron chi connectivity index (χ1n) is 18.6. The monoisotopic (exact) mass is 798 g/mol. The molecule has 3 heterocycles. The van der Waals surface area contributed by atoms with Crippen molar-refractivity contribution in [1.29, 1.82) is 5.26 Å². The topological polar surface area (TPSA) is 216 Å². The van der Waals surface area contributed by atoms with Crippen LogP contribution in [0.4, 0.5) is 5.82 Å². The van der Waals surface area contributed by atoms with Crippen molar-refractivity contribution in [3.05, 3.63) is 54.0 Å². The Bertz CT molecular complexity index is 1960. The summed E-state index contributed by atoms with van der Waals surface area (Å²) in [6.07, 6.45) is -2.69. The number of rotatable bonds is 15. The van der Waals surface area contributed by atoms with Crippen molar-refractivity contribution in [2.45, 2.75) is 118 Å². The van der Waals surface area contributed by atoms with E-state index in [1.54, 1.807) is 45.9 Å². The van der Waals surface area contributed by atoms with E-state index >= 15 is 0 Å². The predicted octanol–water partition coefficient (Wildman–Crippen LogP) is 6.02. The number of nitrogens with one attached hydrogen (secondary N) is 1. The average molecular weight is 799 g/mol. The van der Waals surface area contributed by atoms with Crippen LogP contribution in [0.5, 0.6) is 5.75 Å². The molecule has 1 fully saturated rings. The van der Waals surface area contributed by atoms with Crippen LogP contribution in [0.1, 0.15) is 93.8 Å². The molecule has 0 aliphatic carbocycles. The summed E-state index contributed by atoms with van der Waals surface area (Å²) in [6.45, 7) is 19.5. The Morgan fingerprint density at radius 3 is 2.18 bits per heavy atom. The third-order valence-electron chi connectivity index (χ3n) is 9.03.